The van der Waals surface area contributed by atoms with Gasteiger partial charge in [-0.3, -0.25) is 9.59 Å². The minimum absolute atomic E-state index is 0.0406. The Labute approximate surface area is 125 Å². The summed E-state index contributed by atoms with van der Waals surface area (Å²) < 4.78 is 0. The lowest BCUT2D eigenvalue weighted by molar-refractivity contribution is -0.138. The average molecular weight is 299 g/mol. The number of hydrogen-bond acceptors (Lipinski definition) is 3. The van der Waals surface area contributed by atoms with Crippen LogP contribution in [0, 0.1) is 11.8 Å². The van der Waals surface area contributed by atoms with Crippen molar-refractivity contribution in [2.45, 2.75) is 33.1 Å². The summed E-state index contributed by atoms with van der Waals surface area (Å²) in [7, 11) is 0. The van der Waals surface area contributed by atoms with E-state index in [2.05, 4.69) is 10.6 Å². The van der Waals surface area contributed by atoms with Crippen LogP contribution in [-0.2, 0) is 9.59 Å². The molecule has 0 bridgehead atoms. The largest absolute Gasteiger partial charge is 0.481 e. The zero-order chi connectivity index (χ0) is 15.8. The van der Waals surface area contributed by atoms with E-state index in [1.54, 1.807) is 0 Å². The minimum Gasteiger partial charge on any atom is -0.481 e. The van der Waals surface area contributed by atoms with E-state index < -0.39 is 5.97 Å². The van der Waals surface area contributed by atoms with Gasteiger partial charge >= 0.3 is 12.0 Å². The van der Waals surface area contributed by atoms with Gasteiger partial charge in [-0.15, -0.1) is 0 Å². The molecule has 0 unspecified atom stereocenters. The number of amides is 3. The first-order valence-corrected chi connectivity index (χ1v) is 7.39. The Balaban J connectivity index is 2.47. The number of carboxylic acids is 1. The minimum atomic E-state index is -0.857. The molecule has 1 fully saturated rings. The van der Waals surface area contributed by atoms with E-state index in [0.717, 1.165) is 12.8 Å². The highest BCUT2D eigenvalue weighted by molar-refractivity contribution is 5.84. The standard InChI is InChI=1S/C14H25N3O4/c1-10(2)6-11(7-13(19)20)8-16-14(21)17-5-3-4-15-12(18)9-17/h10-11H,3-9H2,1-2H3,(H,15,18)(H,16,21)(H,19,20)/t11-/m0/s1. The van der Waals surface area contributed by atoms with Gasteiger partial charge in [0, 0.05) is 26.1 Å². The fraction of sp³-hybridized carbons (Fsp3) is 0.786. The number of carboxylic acid groups (broad SMARTS) is 1. The van der Waals surface area contributed by atoms with Crippen LogP contribution in [0.1, 0.15) is 33.1 Å². The summed E-state index contributed by atoms with van der Waals surface area (Å²) in [6.07, 6.45) is 1.51. The summed E-state index contributed by atoms with van der Waals surface area (Å²) in [6.45, 7) is 5.53. The molecule has 3 N–H and O–H groups in total. The van der Waals surface area contributed by atoms with Gasteiger partial charge in [-0.2, -0.15) is 0 Å². The maximum atomic E-state index is 12.1. The third-order valence-corrected chi connectivity index (χ3v) is 3.36. The van der Waals surface area contributed by atoms with Crippen LogP contribution < -0.4 is 10.6 Å². The number of nitrogens with one attached hydrogen (secondary N) is 2. The molecule has 120 valence electrons. The van der Waals surface area contributed by atoms with E-state index in [0.29, 0.717) is 25.6 Å². The van der Waals surface area contributed by atoms with Crippen LogP contribution in [-0.4, -0.2) is 54.1 Å². The van der Waals surface area contributed by atoms with Crippen molar-refractivity contribution in [3.63, 3.8) is 0 Å². The average Bonchev–Trinajstić information content (AvgIpc) is 2.59. The molecular formula is C14H25N3O4. The molecule has 21 heavy (non-hydrogen) atoms. The Hall–Kier alpha value is -1.79. The van der Waals surface area contributed by atoms with Gasteiger partial charge < -0.3 is 20.6 Å². The van der Waals surface area contributed by atoms with Crippen LogP contribution in [0.2, 0.25) is 0 Å². The van der Waals surface area contributed by atoms with Crippen LogP contribution in [0.15, 0.2) is 0 Å². The van der Waals surface area contributed by atoms with Gasteiger partial charge in [-0.1, -0.05) is 13.8 Å². The third-order valence-electron chi connectivity index (χ3n) is 3.36. The van der Waals surface area contributed by atoms with Gasteiger partial charge in [0.25, 0.3) is 0 Å². The molecule has 0 aromatic heterocycles. The Bertz CT molecular complexity index is 384. The van der Waals surface area contributed by atoms with Crippen molar-refractivity contribution >= 4 is 17.9 Å². The lowest BCUT2D eigenvalue weighted by Crippen LogP contribution is -2.45. The van der Waals surface area contributed by atoms with E-state index in [9.17, 15) is 14.4 Å². The molecule has 3 amide bonds. The fourth-order valence-electron chi connectivity index (χ4n) is 2.48. The topological polar surface area (TPSA) is 98.7 Å². The SMILES string of the molecule is CC(C)C[C@H](CNC(=O)N1CCCNC(=O)C1)CC(=O)O. The summed E-state index contributed by atoms with van der Waals surface area (Å²) in [5.74, 6) is -0.738. The Kier molecular flexibility index (Phi) is 6.98. The van der Waals surface area contributed by atoms with E-state index in [1.165, 1.54) is 4.90 Å². The summed E-state index contributed by atoms with van der Waals surface area (Å²) in [4.78, 5) is 35.8. The molecular weight excluding hydrogens is 274 g/mol. The molecule has 0 aromatic carbocycles. The Morgan fingerprint density at radius 2 is 2.14 bits per heavy atom. The molecule has 1 aliphatic rings. The second-order valence-electron chi connectivity index (χ2n) is 5.90. The van der Waals surface area contributed by atoms with E-state index >= 15 is 0 Å². The van der Waals surface area contributed by atoms with Crippen molar-refractivity contribution < 1.29 is 19.5 Å². The van der Waals surface area contributed by atoms with Gasteiger partial charge in [-0.05, 0) is 24.7 Å². The first-order chi connectivity index (χ1) is 9.88. The van der Waals surface area contributed by atoms with Crippen LogP contribution in [0.3, 0.4) is 0 Å². The molecule has 0 aliphatic carbocycles. The summed E-state index contributed by atoms with van der Waals surface area (Å²) in [5, 5.41) is 14.4. The number of carbonyl (C=O) groups excluding carboxylic acids is 2. The van der Waals surface area contributed by atoms with Crippen LogP contribution >= 0.6 is 0 Å². The van der Waals surface area contributed by atoms with Gasteiger partial charge in [0.15, 0.2) is 0 Å². The van der Waals surface area contributed by atoms with Crippen LogP contribution in [0.4, 0.5) is 4.79 Å². The highest BCUT2D eigenvalue weighted by atomic mass is 16.4. The van der Waals surface area contributed by atoms with Crippen molar-refractivity contribution in [1.29, 1.82) is 0 Å². The van der Waals surface area contributed by atoms with Crippen molar-refractivity contribution in [2.24, 2.45) is 11.8 Å². The number of rotatable bonds is 6. The molecule has 0 radical (unpaired) electrons. The molecule has 0 spiro atoms. The predicted octanol–water partition coefficient (Wildman–Crippen LogP) is 0.655. The zero-order valence-electron chi connectivity index (χ0n) is 12.7. The second kappa shape index (κ2) is 8.49. The predicted molar refractivity (Wildman–Crippen MR) is 77.8 cm³/mol. The smallest absolute Gasteiger partial charge is 0.317 e. The fourth-order valence-corrected chi connectivity index (χ4v) is 2.48. The van der Waals surface area contributed by atoms with Gasteiger partial charge in [0.2, 0.25) is 5.91 Å². The molecule has 7 nitrogen and oxygen atoms in total. The number of aliphatic carboxylic acids is 1. The molecule has 1 atom stereocenters. The van der Waals surface area contributed by atoms with Crippen molar-refractivity contribution in [2.75, 3.05) is 26.2 Å². The van der Waals surface area contributed by atoms with Gasteiger partial charge in [0.1, 0.15) is 6.54 Å². The number of carbonyl (C=O) groups is 3. The number of urea groups is 1. The zero-order valence-corrected chi connectivity index (χ0v) is 12.7. The molecule has 0 saturated carbocycles. The highest BCUT2D eigenvalue weighted by Gasteiger charge is 2.21. The monoisotopic (exact) mass is 299 g/mol. The number of nitrogens with zero attached hydrogens (tertiary/aromatic N) is 1. The third kappa shape index (κ3) is 6.97. The maximum Gasteiger partial charge on any atom is 0.317 e. The van der Waals surface area contributed by atoms with Crippen LogP contribution in [0.25, 0.3) is 0 Å². The van der Waals surface area contributed by atoms with Crippen molar-refractivity contribution in [3.05, 3.63) is 0 Å². The first kappa shape index (κ1) is 17.3. The van der Waals surface area contributed by atoms with Gasteiger partial charge in [0.05, 0.1) is 0 Å². The summed E-state index contributed by atoms with van der Waals surface area (Å²) in [5.41, 5.74) is 0. The Morgan fingerprint density at radius 3 is 2.76 bits per heavy atom. The van der Waals surface area contributed by atoms with E-state index in [-0.39, 0.29) is 30.8 Å². The van der Waals surface area contributed by atoms with E-state index in [4.69, 9.17) is 5.11 Å². The lowest BCUT2D eigenvalue weighted by atomic mass is 9.94. The Morgan fingerprint density at radius 1 is 1.43 bits per heavy atom. The normalized spacial score (nSPS) is 17.1. The summed E-state index contributed by atoms with van der Waals surface area (Å²) >= 11 is 0. The van der Waals surface area contributed by atoms with Crippen LogP contribution in [0.5, 0.6) is 0 Å². The molecule has 1 saturated heterocycles. The summed E-state index contributed by atoms with van der Waals surface area (Å²) in [6, 6.07) is -0.300. The molecule has 7 heteroatoms. The molecule has 1 heterocycles. The molecule has 1 aliphatic heterocycles. The number of hydrogen-bond donors (Lipinski definition) is 3. The maximum absolute atomic E-state index is 12.1. The molecule has 0 aromatic rings. The second-order valence-corrected chi connectivity index (χ2v) is 5.90. The lowest BCUT2D eigenvalue weighted by Gasteiger charge is -2.22. The van der Waals surface area contributed by atoms with Gasteiger partial charge in [-0.25, -0.2) is 4.79 Å². The van der Waals surface area contributed by atoms with Crippen molar-refractivity contribution in [1.82, 2.24) is 15.5 Å². The quantitative estimate of drug-likeness (QED) is 0.671. The van der Waals surface area contributed by atoms with E-state index in [1.807, 2.05) is 13.8 Å². The molecule has 1 rings (SSSR count). The first-order valence-electron chi connectivity index (χ1n) is 7.39. The van der Waals surface area contributed by atoms with Crippen molar-refractivity contribution in [3.8, 4) is 0 Å². The highest BCUT2D eigenvalue weighted by Crippen LogP contribution is 2.14.